The molecule has 0 spiro atoms. The van der Waals surface area contributed by atoms with Crippen LogP contribution in [-0.4, -0.2) is 17.5 Å². The number of nitrogens with zero attached hydrogens (tertiary/aromatic N) is 1. The molecule has 0 saturated heterocycles. The summed E-state index contributed by atoms with van der Waals surface area (Å²) in [5.41, 5.74) is 4.20. The average molecular weight is 369 g/mol. The smallest absolute Gasteiger partial charge is 0.253 e. The number of aryl methyl sites for hydroxylation is 1. The Bertz CT molecular complexity index is 940. The van der Waals surface area contributed by atoms with E-state index in [1.54, 1.807) is 6.07 Å². The predicted molar refractivity (Wildman–Crippen MR) is 104 cm³/mol. The van der Waals surface area contributed by atoms with Gasteiger partial charge in [0.05, 0.1) is 23.4 Å². The molecule has 0 radical (unpaired) electrons. The molecule has 1 N–H and O–H groups in total. The molecule has 3 rings (SSSR count). The lowest BCUT2D eigenvalue weighted by molar-refractivity contribution is 0.0949. The van der Waals surface area contributed by atoms with E-state index in [2.05, 4.69) is 10.3 Å². The van der Waals surface area contributed by atoms with Crippen LogP contribution in [0.1, 0.15) is 34.1 Å². The van der Waals surface area contributed by atoms with E-state index in [4.69, 9.17) is 16.3 Å². The maximum absolute atomic E-state index is 12.7. The minimum Gasteiger partial charge on any atom is -0.377 e. The Kier molecular flexibility index (Phi) is 5.86. The number of carbonyl (C=O) groups excluding carboxylic acids is 1. The van der Waals surface area contributed by atoms with Crippen molar-refractivity contribution in [2.45, 2.75) is 27.0 Å². The Hall–Kier alpha value is -2.43. The third-order valence-corrected chi connectivity index (χ3v) is 4.47. The van der Waals surface area contributed by atoms with Crippen molar-refractivity contribution in [1.82, 2.24) is 10.3 Å². The molecule has 0 bridgehead atoms. The molecule has 0 fully saturated rings. The molecule has 0 saturated carbocycles. The monoisotopic (exact) mass is 368 g/mol. The van der Waals surface area contributed by atoms with Crippen LogP contribution in [0.4, 0.5) is 0 Å². The standard InChI is InChI=1S/C21H21ClN2O2/c1-3-26-13-16-7-5-4-6-15(16)12-23-21(25)19-11-17-10-18(22)8-9-20(17)24-14(19)2/h4-11H,3,12-13H2,1-2H3,(H,23,25). The van der Waals surface area contributed by atoms with Crippen LogP contribution in [0, 0.1) is 6.92 Å². The summed E-state index contributed by atoms with van der Waals surface area (Å²) < 4.78 is 5.49. The van der Waals surface area contributed by atoms with E-state index in [0.717, 1.165) is 22.0 Å². The second-order valence-corrected chi connectivity index (χ2v) is 6.48. The molecular formula is C21H21ClN2O2. The predicted octanol–water partition coefficient (Wildman–Crippen LogP) is 4.66. The Morgan fingerprint density at radius 2 is 1.92 bits per heavy atom. The van der Waals surface area contributed by atoms with Gasteiger partial charge in [-0.25, -0.2) is 0 Å². The number of ether oxygens (including phenoxy) is 1. The zero-order valence-electron chi connectivity index (χ0n) is 14.9. The van der Waals surface area contributed by atoms with Crippen molar-refractivity contribution in [1.29, 1.82) is 0 Å². The maximum Gasteiger partial charge on any atom is 0.253 e. The van der Waals surface area contributed by atoms with Gasteiger partial charge in [0.25, 0.3) is 5.91 Å². The molecule has 1 aromatic heterocycles. The Balaban J connectivity index is 1.78. The molecule has 0 aliphatic rings. The molecule has 4 nitrogen and oxygen atoms in total. The molecule has 26 heavy (non-hydrogen) atoms. The number of halogens is 1. The van der Waals surface area contributed by atoms with E-state index < -0.39 is 0 Å². The van der Waals surface area contributed by atoms with Crippen LogP contribution in [0.2, 0.25) is 5.02 Å². The summed E-state index contributed by atoms with van der Waals surface area (Å²) in [7, 11) is 0. The summed E-state index contributed by atoms with van der Waals surface area (Å²) in [6.07, 6.45) is 0. The van der Waals surface area contributed by atoms with E-state index in [1.807, 2.05) is 56.3 Å². The third-order valence-electron chi connectivity index (χ3n) is 4.23. The van der Waals surface area contributed by atoms with Gasteiger partial charge in [0, 0.05) is 23.6 Å². The molecule has 0 aliphatic carbocycles. The molecule has 2 aromatic carbocycles. The van der Waals surface area contributed by atoms with Crippen LogP contribution in [0.25, 0.3) is 10.9 Å². The van der Waals surface area contributed by atoms with Crippen LogP contribution in [0.15, 0.2) is 48.5 Å². The van der Waals surface area contributed by atoms with Gasteiger partial charge in [-0.3, -0.25) is 9.78 Å². The molecule has 0 unspecified atom stereocenters. The van der Waals surface area contributed by atoms with Gasteiger partial charge in [0.1, 0.15) is 0 Å². The molecule has 134 valence electrons. The van der Waals surface area contributed by atoms with Gasteiger partial charge in [-0.15, -0.1) is 0 Å². The first-order valence-corrected chi connectivity index (χ1v) is 8.96. The fourth-order valence-electron chi connectivity index (χ4n) is 2.83. The fraction of sp³-hybridized carbons (Fsp3) is 0.238. The highest BCUT2D eigenvalue weighted by atomic mass is 35.5. The lowest BCUT2D eigenvalue weighted by Gasteiger charge is -2.12. The Morgan fingerprint density at radius 3 is 2.69 bits per heavy atom. The van der Waals surface area contributed by atoms with Gasteiger partial charge in [-0.05, 0) is 49.2 Å². The van der Waals surface area contributed by atoms with E-state index in [0.29, 0.717) is 36.0 Å². The number of fused-ring (bicyclic) bond motifs is 1. The van der Waals surface area contributed by atoms with E-state index >= 15 is 0 Å². The van der Waals surface area contributed by atoms with Crippen molar-refractivity contribution in [3.05, 3.63) is 75.9 Å². The number of hydrogen-bond donors (Lipinski definition) is 1. The number of rotatable bonds is 6. The van der Waals surface area contributed by atoms with Crippen LogP contribution in [0.3, 0.4) is 0 Å². The number of nitrogens with one attached hydrogen (secondary N) is 1. The summed E-state index contributed by atoms with van der Waals surface area (Å²) in [5.74, 6) is -0.150. The topological polar surface area (TPSA) is 51.2 Å². The number of carbonyl (C=O) groups is 1. The minimum atomic E-state index is -0.150. The van der Waals surface area contributed by atoms with Crippen molar-refractivity contribution >= 4 is 28.4 Å². The second-order valence-electron chi connectivity index (χ2n) is 6.05. The van der Waals surface area contributed by atoms with Crippen LogP contribution >= 0.6 is 11.6 Å². The summed E-state index contributed by atoms with van der Waals surface area (Å²) in [6, 6.07) is 15.3. The first kappa shape index (κ1) is 18.4. The Morgan fingerprint density at radius 1 is 1.15 bits per heavy atom. The summed E-state index contributed by atoms with van der Waals surface area (Å²) in [4.78, 5) is 17.2. The van der Waals surface area contributed by atoms with Crippen LogP contribution < -0.4 is 5.32 Å². The first-order valence-electron chi connectivity index (χ1n) is 8.58. The number of pyridine rings is 1. The largest absolute Gasteiger partial charge is 0.377 e. The normalized spacial score (nSPS) is 10.9. The molecule has 3 aromatic rings. The van der Waals surface area contributed by atoms with Crippen molar-refractivity contribution < 1.29 is 9.53 Å². The average Bonchev–Trinajstić information content (AvgIpc) is 2.64. The SMILES string of the molecule is CCOCc1ccccc1CNC(=O)c1cc2cc(Cl)ccc2nc1C. The van der Waals surface area contributed by atoms with Crippen molar-refractivity contribution in [3.63, 3.8) is 0 Å². The lowest BCUT2D eigenvalue weighted by Crippen LogP contribution is -2.24. The summed E-state index contributed by atoms with van der Waals surface area (Å²) >= 11 is 6.05. The molecule has 1 heterocycles. The van der Waals surface area contributed by atoms with Crippen molar-refractivity contribution in [2.24, 2.45) is 0 Å². The van der Waals surface area contributed by atoms with E-state index in [-0.39, 0.29) is 5.91 Å². The Labute approximate surface area is 158 Å². The highest BCUT2D eigenvalue weighted by Crippen LogP contribution is 2.21. The zero-order valence-corrected chi connectivity index (χ0v) is 15.6. The zero-order chi connectivity index (χ0) is 18.5. The quantitative estimate of drug-likeness (QED) is 0.688. The second kappa shape index (κ2) is 8.30. The van der Waals surface area contributed by atoms with Gasteiger partial charge < -0.3 is 10.1 Å². The van der Waals surface area contributed by atoms with Crippen molar-refractivity contribution in [3.8, 4) is 0 Å². The lowest BCUT2D eigenvalue weighted by atomic mass is 10.1. The van der Waals surface area contributed by atoms with Gasteiger partial charge in [-0.2, -0.15) is 0 Å². The first-order chi connectivity index (χ1) is 12.6. The number of aromatic nitrogens is 1. The van der Waals surface area contributed by atoms with Gasteiger partial charge in [-0.1, -0.05) is 35.9 Å². The maximum atomic E-state index is 12.7. The minimum absolute atomic E-state index is 0.150. The molecule has 1 amide bonds. The summed E-state index contributed by atoms with van der Waals surface area (Å²) in [6.45, 7) is 5.44. The highest BCUT2D eigenvalue weighted by molar-refractivity contribution is 6.31. The summed E-state index contributed by atoms with van der Waals surface area (Å²) in [5, 5.41) is 4.46. The number of hydrogen-bond acceptors (Lipinski definition) is 3. The van der Waals surface area contributed by atoms with E-state index in [9.17, 15) is 4.79 Å². The van der Waals surface area contributed by atoms with Gasteiger partial charge in [0.2, 0.25) is 0 Å². The van der Waals surface area contributed by atoms with Crippen molar-refractivity contribution in [2.75, 3.05) is 6.61 Å². The van der Waals surface area contributed by atoms with Gasteiger partial charge >= 0.3 is 0 Å². The number of benzene rings is 2. The van der Waals surface area contributed by atoms with E-state index in [1.165, 1.54) is 0 Å². The van der Waals surface area contributed by atoms with Crippen LogP contribution in [-0.2, 0) is 17.9 Å². The molecule has 0 atom stereocenters. The fourth-order valence-corrected chi connectivity index (χ4v) is 3.01. The third kappa shape index (κ3) is 4.21. The molecule has 0 aliphatic heterocycles. The highest BCUT2D eigenvalue weighted by Gasteiger charge is 2.12. The molecule has 5 heteroatoms. The van der Waals surface area contributed by atoms with Crippen LogP contribution in [0.5, 0.6) is 0 Å². The number of amides is 1. The van der Waals surface area contributed by atoms with Gasteiger partial charge in [0.15, 0.2) is 0 Å². The molecular weight excluding hydrogens is 348 g/mol.